The quantitative estimate of drug-likeness (QED) is 0.796. The van der Waals surface area contributed by atoms with Crippen molar-refractivity contribution in [3.63, 3.8) is 0 Å². The van der Waals surface area contributed by atoms with Gasteiger partial charge in [-0.3, -0.25) is 9.98 Å². The summed E-state index contributed by atoms with van der Waals surface area (Å²) >= 11 is 0. The van der Waals surface area contributed by atoms with Gasteiger partial charge >= 0.3 is 0 Å². The molecule has 1 aromatic heterocycles. The zero-order chi connectivity index (χ0) is 11.8. The highest BCUT2D eigenvalue weighted by atomic mass is 19.1. The largest absolute Gasteiger partial charge is 0.352 e. The second kappa shape index (κ2) is 3.98. The van der Waals surface area contributed by atoms with Gasteiger partial charge in [0.05, 0.1) is 17.9 Å². The third kappa shape index (κ3) is 1.85. The second-order valence-electron chi connectivity index (χ2n) is 4.61. The van der Waals surface area contributed by atoms with Crippen LogP contribution < -0.4 is 5.32 Å². The normalized spacial score (nSPS) is 27.4. The Hall–Kier alpha value is -1.65. The Kier molecular flexibility index (Phi) is 2.46. The molecule has 1 saturated heterocycles. The van der Waals surface area contributed by atoms with Crippen molar-refractivity contribution in [2.75, 3.05) is 13.1 Å². The molecule has 1 aromatic rings. The number of pyridine rings is 1. The standard InChI is InChI=1S/C12H15FN4/c1-8-7-17-11(4-5-14-12(17)16-8)10-3-2-9(13)6-15-10/h2-3,6,8,11H,4-5,7H2,1H3,(H,14,16). The molecule has 0 aliphatic carbocycles. The summed E-state index contributed by atoms with van der Waals surface area (Å²) < 4.78 is 12.9. The summed E-state index contributed by atoms with van der Waals surface area (Å²) in [5.74, 6) is 0.672. The first-order valence-electron chi connectivity index (χ1n) is 5.93. The predicted molar refractivity (Wildman–Crippen MR) is 63.2 cm³/mol. The molecule has 0 spiro atoms. The smallest absolute Gasteiger partial charge is 0.194 e. The number of nitrogens with zero attached hydrogens (tertiary/aromatic N) is 3. The zero-order valence-electron chi connectivity index (χ0n) is 9.73. The van der Waals surface area contributed by atoms with E-state index in [1.165, 1.54) is 12.3 Å². The first-order chi connectivity index (χ1) is 8.24. The molecule has 90 valence electrons. The maximum atomic E-state index is 12.9. The van der Waals surface area contributed by atoms with E-state index in [4.69, 9.17) is 0 Å². The third-order valence-electron chi connectivity index (χ3n) is 3.25. The van der Waals surface area contributed by atoms with Crippen LogP contribution in [0, 0.1) is 5.82 Å². The number of hydrogen-bond donors (Lipinski definition) is 1. The summed E-state index contributed by atoms with van der Waals surface area (Å²) in [4.78, 5) is 10.9. The number of rotatable bonds is 1. The van der Waals surface area contributed by atoms with Gasteiger partial charge in [-0.2, -0.15) is 0 Å². The highest BCUT2D eigenvalue weighted by Crippen LogP contribution is 2.28. The molecule has 0 aromatic carbocycles. The Bertz CT molecular complexity index is 442. The van der Waals surface area contributed by atoms with Crippen LogP contribution >= 0.6 is 0 Å². The van der Waals surface area contributed by atoms with Crippen molar-refractivity contribution >= 4 is 5.96 Å². The molecule has 3 rings (SSSR count). The minimum Gasteiger partial charge on any atom is -0.352 e. The van der Waals surface area contributed by atoms with Crippen molar-refractivity contribution in [1.29, 1.82) is 0 Å². The van der Waals surface area contributed by atoms with Crippen molar-refractivity contribution in [3.8, 4) is 0 Å². The van der Waals surface area contributed by atoms with Gasteiger partial charge in [0, 0.05) is 19.1 Å². The first-order valence-corrected chi connectivity index (χ1v) is 5.93. The Morgan fingerprint density at radius 2 is 2.35 bits per heavy atom. The molecule has 2 aliphatic rings. The van der Waals surface area contributed by atoms with Crippen LogP contribution in [-0.2, 0) is 0 Å². The van der Waals surface area contributed by atoms with Gasteiger partial charge in [-0.1, -0.05) is 0 Å². The molecule has 2 aliphatic heterocycles. The molecule has 0 radical (unpaired) electrons. The minimum absolute atomic E-state index is 0.223. The van der Waals surface area contributed by atoms with Gasteiger partial charge in [0.1, 0.15) is 5.82 Å². The molecular formula is C12H15FN4. The molecule has 17 heavy (non-hydrogen) atoms. The summed E-state index contributed by atoms with van der Waals surface area (Å²) in [6.45, 7) is 3.87. The van der Waals surface area contributed by atoms with Gasteiger partial charge in [-0.05, 0) is 25.5 Å². The number of hydrogen-bond acceptors (Lipinski definition) is 4. The molecule has 2 unspecified atom stereocenters. The van der Waals surface area contributed by atoms with Crippen LogP contribution in [0.3, 0.4) is 0 Å². The molecule has 1 fully saturated rings. The van der Waals surface area contributed by atoms with Gasteiger partial charge < -0.3 is 10.2 Å². The van der Waals surface area contributed by atoms with Gasteiger partial charge in [-0.25, -0.2) is 4.39 Å². The summed E-state index contributed by atoms with van der Waals surface area (Å²) in [6.07, 6.45) is 2.23. The highest BCUT2D eigenvalue weighted by molar-refractivity contribution is 5.83. The average molecular weight is 234 g/mol. The van der Waals surface area contributed by atoms with Gasteiger partial charge in [0.2, 0.25) is 0 Å². The maximum absolute atomic E-state index is 12.9. The molecule has 0 bridgehead atoms. The van der Waals surface area contributed by atoms with E-state index in [0.29, 0.717) is 6.04 Å². The van der Waals surface area contributed by atoms with Gasteiger partial charge in [0.15, 0.2) is 5.96 Å². The molecule has 5 heteroatoms. The number of fused-ring (bicyclic) bond motifs is 1. The van der Waals surface area contributed by atoms with Crippen molar-refractivity contribution < 1.29 is 4.39 Å². The highest BCUT2D eigenvalue weighted by Gasteiger charge is 2.33. The van der Waals surface area contributed by atoms with Crippen LogP contribution in [0.2, 0.25) is 0 Å². The van der Waals surface area contributed by atoms with E-state index in [2.05, 4.69) is 27.1 Å². The van der Waals surface area contributed by atoms with E-state index >= 15 is 0 Å². The monoisotopic (exact) mass is 234 g/mol. The van der Waals surface area contributed by atoms with Crippen LogP contribution in [0.4, 0.5) is 4.39 Å². The van der Waals surface area contributed by atoms with Crippen molar-refractivity contribution in [1.82, 2.24) is 15.2 Å². The zero-order valence-corrected chi connectivity index (χ0v) is 9.73. The molecule has 2 atom stereocenters. The average Bonchev–Trinajstić information content (AvgIpc) is 2.70. The van der Waals surface area contributed by atoms with E-state index in [1.807, 2.05) is 0 Å². The van der Waals surface area contributed by atoms with E-state index in [1.54, 1.807) is 6.07 Å². The molecular weight excluding hydrogens is 219 g/mol. The van der Waals surface area contributed by atoms with E-state index < -0.39 is 0 Å². The van der Waals surface area contributed by atoms with Crippen LogP contribution in [0.15, 0.2) is 23.3 Å². The Balaban J connectivity index is 1.89. The lowest BCUT2D eigenvalue weighted by molar-refractivity contribution is 0.299. The summed E-state index contributed by atoms with van der Waals surface area (Å²) in [6, 6.07) is 3.88. The Morgan fingerprint density at radius 3 is 3.12 bits per heavy atom. The van der Waals surface area contributed by atoms with E-state index in [0.717, 1.165) is 31.2 Å². The van der Waals surface area contributed by atoms with Crippen molar-refractivity contribution in [2.45, 2.75) is 25.4 Å². The maximum Gasteiger partial charge on any atom is 0.194 e. The fourth-order valence-electron chi connectivity index (χ4n) is 2.48. The molecule has 3 heterocycles. The van der Waals surface area contributed by atoms with Crippen LogP contribution in [0.25, 0.3) is 0 Å². The molecule has 1 N–H and O–H groups in total. The minimum atomic E-state index is -0.286. The Labute approximate surface area is 99.6 Å². The van der Waals surface area contributed by atoms with Crippen LogP contribution in [0.5, 0.6) is 0 Å². The van der Waals surface area contributed by atoms with E-state index in [-0.39, 0.29) is 11.9 Å². The fraction of sp³-hybridized carbons (Fsp3) is 0.500. The molecule has 4 nitrogen and oxygen atoms in total. The number of halogens is 1. The Morgan fingerprint density at radius 1 is 1.47 bits per heavy atom. The third-order valence-corrected chi connectivity index (χ3v) is 3.25. The number of nitrogens with one attached hydrogen (secondary N) is 1. The molecule has 0 saturated carbocycles. The molecule has 0 amide bonds. The SMILES string of the molecule is CC1CN2C(=NCCC2c2ccc(F)cn2)N1. The first kappa shape index (κ1) is 10.5. The topological polar surface area (TPSA) is 40.5 Å². The van der Waals surface area contributed by atoms with Gasteiger partial charge in [-0.15, -0.1) is 0 Å². The summed E-state index contributed by atoms with van der Waals surface area (Å²) in [5.41, 5.74) is 0.926. The van der Waals surface area contributed by atoms with Crippen LogP contribution in [0.1, 0.15) is 25.1 Å². The number of aliphatic imine (C=N–C) groups is 1. The number of guanidine groups is 1. The fourth-order valence-corrected chi connectivity index (χ4v) is 2.48. The van der Waals surface area contributed by atoms with Gasteiger partial charge in [0.25, 0.3) is 0 Å². The summed E-state index contributed by atoms with van der Waals surface area (Å²) in [7, 11) is 0. The van der Waals surface area contributed by atoms with Crippen molar-refractivity contribution in [3.05, 3.63) is 29.8 Å². The van der Waals surface area contributed by atoms with Crippen LogP contribution in [-0.4, -0.2) is 35.0 Å². The summed E-state index contributed by atoms with van der Waals surface area (Å²) in [5, 5.41) is 3.34. The lowest BCUT2D eigenvalue weighted by Crippen LogP contribution is -2.38. The van der Waals surface area contributed by atoms with Crippen molar-refractivity contribution in [2.24, 2.45) is 4.99 Å². The predicted octanol–water partition coefficient (Wildman–Crippen LogP) is 1.32. The lowest BCUT2D eigenvalue weighted by Gasteiger charge is -2.31. The van der Waals surface area contributed by atoms with E-state index in [9.17, 15) is 4.39 Å². The second-order valence-corrected chi connectivity index (χ2v) is 4.61. The number of aromatic nitrogens is 1. The lowest BCUT2D eigenvalue weighted by atomic mass is 10.1.